The van der Waals surface area contributed by atoms with Crippen molar-refractivity contribution in [1.82, 2.24) is 24.5 Å². The molecule has 1 amide bonds. The molecule has 0 radical (unpaired) electrons. The topological polar surface area (TPSA) is 119 Å². The molecule has 0 spiro atoms. The summed E-state index contributed by atoms with van der Waals surface area (Å²) in [6, 6.07) is 4.44. The zero-order chi connectivity index (χ0) is 19.3. The Kier molecular flexibility index (Phi) is 6.56. The molecule has 0 saturated heterocycles. The van der Waals surface area contributed by atoms with Gasteiger partial charge in [0.1, 0.15) is 10.6 Å². The lowest BCUT2D eigenvalue weighted by Crippen LogP contribution is -2.23. The SMILES string of the molecule is CCn1nnnc1SCC(=O)Nc1ccc(OC)c(S(=O)(=O)N(C)C)c1. The number of rotatable bonds is 8. The Morgan fingerprint density at radius 1 is 1.38 bits per heavy atom. The lowest BCUT2D eigenvalue weighted by molar-refractivity contribution is -0.113. The summed E-state index contributed by atoms with van der Waals surface area (Å²) in [5.74, 6) is -0.0189. The van der Waals surface area contributed by atoms with Crippen LogP contribution in [0.4, 0.5) is 5.69 Å². The molecule has 0 fully saturated rings. The smallest absolute Gasteiger partial charge is 0.246 e. The van der Waals surface area contributed by atoms with Crippen LogP contribution in [0.15, 0.2) is 28.3 Å². The van der Waals surface area contributed by atoms with Crippen LogP contribution in [0.25, 0.3) is 0 Å². The number of aromatic nitrogens is 4. The van der Waals surface area contributed by atoms with Gasteiger partial charge in [0.25, 0.3) is 0 Å². The van der Waals surface area contributed by atoms with E-state index < -0.39 is 10.0 Å². The van der Waals surface area contributed by atoms with Gasteiger partial charge in [-0.2, -0.15) is 0 Å². The molecular weight excluding hydrogens is 380 g/mol. The molecule has 1 N–H and O–H groups in total. The zero-order valence-electron chi connectivity index (χ0n) is 14.8. The van der Waals surface area contributed by atoms with Gasteiger partial charge in [0.2, 0.25) is 21.1 Å². The molecule has 0 aliphatic rings. The maximum atomic E-state index is 12.4. The lowest BCUT2D eigenvalue weighted by Gasteiger charge is -2.15. The van der Waals surface area contributed by atoms with Crippen molar-refractivity contribution in [3.05, 3.63) is 18.2 Å². The van der Waals surface area contributed by atoms with E-state index in [1.807, 2.05) is 6.92 Å². The van der Waals surface area contributed by atoms with E-state index in [1.54, 1.807) is 10.7 Å². The minimum absolute atomic E-state index is 0.0228. The number of anilines is 1. The number of tetrazole rings is 1. The summed E-state index contributed by atoms with van der Waals surface area (Å²) in [7, 11) is 0.523. The Morgan fingerprint density at radius 2 is 2.12 bits per heavy atom. The fraction of sp³-hybridized carbons (Fsp3) is 0.429. The number of ether oxygens (including phenoxy) is 1. The largest absolute Gasteiger partial charge is 0.495 e. The second-order valence-corrected chi connectivity index (χ2v) is 8.33. The summed E-state index contributed by atoms with van der Waals surface area (Å²) in [6.07, 6.45) is 0. The van der Waals surface area contributed by atoms with E-state index in [1.165, 1.54) is 45.1 Å². The molecule has 12 heteroatoms. The third kappa shape index (κ3) is 4.51. The van der Waals surface area contributed by atoms with Gasteiger partial charge in [-0.1, -0.05) is 11.8 Å². The molecule has 2 aromatic rings. The van der Waals surface area contributed by atoms with Crippen molar-refractivity contribution in [2.45, 2.75) is 23.5 Å². The van der Waals surface area contributed by atoms with Gasteiger partial charge in [-0.25, -0.2) is 17.4 Å². The summed E-state index contributed by atoms with van der Waals surface area (Å²) < 4.78 is 32.6. The molecule has 0 aliphatic carbocycles. The van der Waals surface area contributed by atoms with Gasteiger partial charge in [0.05, 0.1) is 12.9 Å². The highest BCUT2D eigenvalue weighted by Crippen LogP contribution is 2.29. The van der Waals surface area contributed by atoms with Crippen molar-refractivity contribution in [2.24, 2.45) is 0 Å². The van der Waals surface area contributed by atoms with E-state index >= 15 is 0 Å². The second kappa shape index (κ2) is 8.47. The number of methoxy groups -OCH3 is 1. The van der Waals surface area contributed by atoms with Gasteiger partial charge < -0.3 is 10.1 Å². The number of hydrogen-bond donors (Lipinski definition) is 1. The Balaban J connectivity index is 2.13. The first-order valence-electron chi connectivity index (χ1n) is 7.59. The summed E-state index contributed by atoms with van der Waals surface area (Å²) in [5.41, 5.74) is 0.354. The van der Waals surface area contributed by atoms with E-state index in [-0.39, 0.29) is 22.3 Å². The van der Waals surface area contributed by atoms with Gasteiger partial charge in [-0.05, 0) is 35.5 Å². The number of benzene rings is 1. The highest BCUT2D eigenvalue weighted by atomic mass is 32.2. The Morgan fingerprint density at radius 3 is 2.73 bits per heavy atom. The van der Waals surface area contributed by atoms with Crippen molar-refractivity contribution in [3.63, 3.8) is 0 Å². The average molecular weight is 400 g/mol. The molecule has 10 nitrogen and oxygen atoms in total. The summed E-state index contributed by atoms with van der Waals surface area (Å²) >= 11 is 1.19. The van der Waals surface area contributed by atoms with Crippen LogP contribution in [-0.4, -0.2) is 65.8 Å². The van der Waals surface area contributed by atoms with Crippen molar-refractivity contribution >= 4 is 33.4 Å². The molecule has 1 aromatic carbocycles. The first kappa shape index (κ1) is 20.1. The summed E-state index contributed by atoms with van der Waals surface area (Å²) in [6.45, 7) is 2.49. The van der Waals surface area contributed by atoms with Gasteiger partial charge in [0.15, 0.2) is 0 Å². The van der Waals surface area contributed by atoms with E-state index in [2.05, 4.69) is 20.8 Å². The maximum Gasteiger partial charge on any atom is 0.246 e. The van der Waals surface area contributed by atoms with Gasteiger partial charge in [-0.3, -0.25) is 4.79 Å². The van der Waals surface area contributed by atoms with Gasteiger partial charge >= 0.3 is 0 Å². The number of carbonyl (C=O) groups is 1. The van der Waals surface area contributed by atoms with E-state index in [4.69, 9.17) is 4.74 Å². The Bertz CT molecular complexity index is 881. The predicted molar refractivity (Wildman–Crippen MR) is 96.7 cm³/mol. The van der Waals surface area contributed by atoms with Crippen molar-refractivity contribution < 1.29 is 17.9 Å². The van der Waals surface area contributed by atoms with Crippen molar-refractivity contribution in [2.75, 3.05) is 32.3 Å². The monoisotopic (exact) mass is 400 g/mol. The predicted octanol–water partition coefficient (Wildman–Crippen LogP) is 0.683. The minimum Gasteiger partial charge on any atom is -0.495 e. The molecule has 1 aromatic heterocycles. The summed E-state index contributed by atoms with van der Waals surface area (Å²) in [4.78, 5) is 12.1. The van der Waals surface area contributed by atoms with Crippen LogP contribution in [-0.2, 0) is 21.4 Å². The summed E-state index contributed by atoms with van der Waals surface area (Å²) in [5, 5.41) is 14.4. The number of aryl methyl sites for hydroxylation is 1. The van der Waals surface area contributed by atoms with Crippen LogP contribution in [0.3, 0.4) is 0 Å². The number of sulfonamides is 1. The zero-order valence-corrected chi connectivity index (χ0v) is 16.5. The van der Waals surface area contributed by atoms with Crippen molar-refractivity contribution in [1.29, 1.82) is 0 Å². The molecule has 1 heterocycles. The molecule has 0 aliphatic heterocycles. The highest BCUT2D eigenvalue weighted by Gasteiger charge is 2.23. The molecule has 142 valence electrons. The quantitative estimate of drug-likeness (QED) is 0.643. The number of amides is 1. The van der Waals surface area contributed by atoms with Crippen LogP contribution >= 0.6 is 11.8 Å². The van der Waals surface area contributed by atoms with E-state index in [9.17, 15) is 13.2 Å². The molecule has 0 bridgehead atoms. The number of nitrogens with one attached hydrogen (secondary N) is 1. The fourth-order valence-electron chi connectivity index (χ4n) is 1.98. The van der Waals surface area contributed by atoms with E-state index in [0.717, 1.165) is 4.31 Å². The van der Waals surface area contributed by atoms with Crippen molar-refractivity contribution in [3.8, 4) is 5.75 Å². The van der Waals surface area contributed by atoms with Crippen LogP contribution in [0.2, 0.25) is 0 Å². The van der Waals surface area contributed by atoms with Crippen LogP contribution in [0.5, 0.6) is 5.75 Å². The minimum atomic E-state index is -3.71. The maximum absolute atomic E-state index is 12.4. The number of thioether (sulfide) groups is 1. The van der Waals surface area contributed by atoms with Gasteiger partial charge in [-0.15, -0.1) is 5.10 Å². The third-order valence-corrected chi connectivity index (χ3v) is 6.13. The molecule has 2 rings (SSSR count). The fourth-order valence-corrected chi connectivity index (χ4v) is 3.79. The average Bonchev–Trinajstić information content (AvgIpc) is 3.07. The number of nitrogens with zero attached hydrogens (tertiary/aromatic N) is 5. The first-order chi connectivity index (χ1) is 12.3. The Labute approximate surface area is 155 Å². The normalized spacial score (nSPS) is 11.6. The molecular formula is C14H20N6O4S2. The lowest BCUT2D eigenvalue weighted by atomic mass is 10.3. The molecule has 0 saturated carbocycles. The third-order valence-electron chi connectivity index (χ3n) is 3.34. The van der Waals surface area contributed by atoms with Crippen LogP contribution in [0.1, 0.15) is 6.92 Å². The van der Waals surface area contributed by atoms with E-state index in [0.29, 0.717) is 17.4 Å². The number of hydrogen-bond acceptors (Lipinski definition) is 8. The van der Waals surface area contributed by atoms with Gasteiger partial charge in [0, 0.05) is 26.3 Å². The highest BCUT2D eigenvalue weighted by molar-refractivity contribution is 7.99. The van der Waals surface area contributed by atoms with Crippen LogP contribution < -0.4 is 10.1 Å². The van der Waals surface area contributed by atoms with Crippen LogP contribution in [0, 0.1) is 0 Å². The Hall–Kier alpha value is -2.18. The standard InChI is InChI=1S/C14H20N6O4S2/c1-5-20-14(16-17-18-20)25-9-13(21)15-10-6-7-11(24-4)12(8-10)26(22,23)19(2)3/h6-8H,5,9H2,1-4H3,(H,15,21). The number of carbonyl (C=O) groups excluding carboxylic acids is 1. The molecule has 26 heavy (non-hydrogen) atoms. The molecule has 0 atom stereocenters. The molecule has 0 unspecified atom stereocenters. The second-order valence-electron chi connectivity index (χ2n) is 5.27. The first-order valence-corrected chi connectivity index (χ1v) is 10.0.